The number of rotatable bonds is 2. The van der Waals surface area contributed by atoms with E-state index in [0.29, 0.717) is 18.9 Å². The van der Waals surface area contributed by atoms with Crippen molar-refractivity contribution in [2.75, 3.05) is 20.7 Å². The maximum Gasteiger partial charge on any atom is 0.306 e. The summed E-state index contributed by atoms with van der Waals surface area (Å²) in [6.07, 6.45) is 0.561. The zero-order chi connectivity index (χ0) is 9.35. The van der Waals surface area contributed by atoms with Gasteiger partial charge in [0.15, 0.2) is 0 Å². The van der Waals surface area contributed by atoms with Crippen molar-refractivity contribution in [2.45, 2.75) is 25.8 Å². The van der Waals surface area contributed by atoms with Crippen LogP contribution in [0.25, 0.3) is 0 Å². The zero-order valence-electron chi connectivity index (χ0n) is 8.26. The van der Waals surface area contributed by atoms with Gasteiger partial charge in [0.25, 0.3) is 0 Å². The minimum atomic E-state index is -0.0603. The second-order valence-corrected chi connectivity index (χ2v) is 4.13. The Morgan fingerprint density at radius 2 is 2.08 bits per heavy atom. The van der Waals surface area contributed by atoms with Crippen LogP contribution in [0.2, 0.25) is 0 Å². The van der Waals surface area contributed by atoms with Crippen LogP contribution in [-0.4, -0.2) is 37.1 Å². The Morgan fingerprint density at radius 1 is 1.50 bits per heavy atom. The molecule has 0 aromatic heterocycles. The number of hydrogen-bond donors (Lipinski definition) is 0. The van der Waals surface area contributed by atoms with E-state index < -0.39 is 0 Å². The molecule has 1 fully saturated rings. The van der Waals surface area contributed by atoms with Gasteiger partial charge in [-0.3, -0.25) is 4.79 Å². The molecule has 1 heterocycles. The van der Waals surface area contributed by atoms with Gasteiger partial charge in [-0.1, -0.05) is 0 Å². The number of hydrogen-bond acceptors (Lipinski definition) is 3. The molecule has 12 heavy (non-hydrogen) atoms. The molecule has 0 bridgehead atoms. The molecular weight excluding hydrogens is 154 g/mol. The average molecular weight is 171 g/mol. The first kappa shape index (κ1) is 9.52. The molecule has 0 saturated carbocycles. The van der Waals surface area contributed by atoms with Crippen LogP contribution in [0.15, 0.2) is 0 Å². The summed E-state index contributed by atoms with van der Waals surface area (Å²) in [5.41, 5.74) is 0.0478. The lowest BCUT2D eigenvalue weighted by Crippen LogP contribution is -2.45. The maximum atomic E-state index is 10.9. The van der Waals surface area contributed by atoms with Crippen LogP contribution in [0.1, 0.15) is 20.3 Å². The molecule has 3 heteroatoms. The van der Waals surface area contributed by atoms with Crippen molar-refractivity contribution >= 4 is 5.97 Å². The monoisotopic (exact) mass is 171 g/mol. The Balaban J connectivity index is 2.63. The highest BCUT2D eigenvalue weighted by atomic mass is 16.5. The minimum absolute atomic E-state index is 0.0478. The molecule has 0 N–H and O–H groups in total. The van der Waals surface area contributed by atoms with Crippen LogP contribution in [0.5, 0.6) is 0 Å². The van der Waals surface area contributed by atoms with Gasteiger partial charge in [0.2, 0.25) is 0 Å². The molecule has 1 rings (SSSR count). The Labute approximate surface area is 73.7 Å². The van der Waals surface area contributed by atoms with Gasteiger partial charge in [-0.25, -0.2) is 0 Å². The third-order valence-electron chi connectivity index (χ3n) is 3.01. The number of ether oxygens (including phenoxy) is 1. The number of cyclic esters (lactones) is 1. The summed E-state index contributed by atoms with van der Waals surface area (Å²) in [5, 5.41) is 0. The van der Waals surface area contributed by atoms with E-state index in [-0.39, 0.29) is 11.5 Å². The number of carbonyl (C=O) groups is 1. The molecule has 1 saturated heterocycles. The van der Waals surface area contributed by atoms with E-state index in [1.165, 1.54) is 0 Å². The second-order valence-electron chi connectivity index (χ2n) is 4.13. The van der Waals surface area contributed by atoms with Crippen LogP contribution in [0.4, 0.5) is 0 Å². The molecule has 0 amide bonds. The molecule has 0 radical (unpaired) electrons. The summed E-state index contributed by atoms with van der Waals surface area (Å²) in [6.45, 7) is 4.85. The summed E-state index contributed by atoms with van der Waals surface area (Å²) in [7, 11) is 4.06. The van der Waals surface area contributed by atoms with E-state index in [2.05, 4.69) is 18.7 Å². The molecule has 0 aromatic carbocycles. The fraction of sp³-hybridized carbons (Fsp3) is 0.889. The SMILES string of the molecule is CN(C)C(C)(C)C1COC(=O)C1. The molecule has 0 aromatic rings. The van der Waals surface area contributed by atoms with Gasteiger partial charge < -0.3 is 9.64 Å². The Bertz CT molecular complexity index is 187. The minimum Gasteiger partial charge on any atom is -0.465 e. The second kappa shape index (κ2) is 3.05. The van der Waals surface area contributed by atoms with Crippen LogP contribution >= 0.6 is 0 Å². The highest BCUT2D eigenvalue weighted by Crippen LogP contribution is 2.29. The van der Waals surface area contributed by atoms with Crippen LogP contribution in [0, 0.1) is 5.92 Å². The largest absolute Gasteiger partial charge is 0.465 e. The average Bonchev–Trinajstić information content (AvgIpc) is 2.35. The number of nitrogens with zero attached hydrogens (tertiary/aromatic N) is 1. The summed E-state index contributed by atoms with van der Waals surface area (Å²) in [5.74, 6) is 0.273. The van der Waals surface area contributed by atoms with Crippen molar-refractivity contribution in [3.63, 3.8) is 0 Å². The van der Waals surface area contributed by atoms with Gasteiger partial charge >= 0.3 is 5.97 Å². The maximum absolute atomic E-state index is 10.9. The predicted molar refractivity (Wildman–Crippen MR) is 46.8 cm³/mol. The van der Waals surface area contributed by atoms with Crippen molar-refractivity contribution in [1.82, 2.24) is 4.90 Å². The first-order valence-corrected chi connectivity index (χ1v) is 4.27. The highest BCUT2D eigenvalue weighted by Gasteiger charge is 2.38. The third kappa shape index (κ3) is 1.61. The fourth-order valence-electron chi connectivity index (χ4n) is 1.33. The molecule has 3 nitrogen and oxygen atoms in total. The summed E-state index contributed by atoms with van der Waals surface area (Å²) >= 11 is 0. The lowest BCUT2D eigenvalue weighted by atomic mass is 9.86. The normalized spacial score (nSPS) is 24.8. The van der Waals surface area contributed by atoms with E-state index in [4.69, 9.17) is 4.74 Å². The lowest BCUT2D eigenvalue weighted by Gasteiger charge is -2.36. The van der Waals surface area contributed by atoms with Crippen molar-refractivity contribution in [3.8, 4) is 0 Å². The first-order chi connectivity index (χ1) is 5.44. The number of esters is 1. The first-order valence-electron chi connectivity index (χ1n) is 4.27. The highest BCUT2D eigenvalue weighted by molar-refractivity contribution is 5.71. The van der Waals surface area contributed by atoms with E-state index in [1.807, 2.05) is 14.1 Å². The quantitative estimate of drug-likeness (QED) is 0.578. The van der Waals surface area contributed by atoms with Crippen molar-refractivity contribution in [1.29, 1.82) is 0 Å². The van der Waals surface area contributed by atoms with Crippen molar-refractivity contribution in [2.24, 2.45) is 5.92 Å². The van der Waals surface area contributed by atoms with E-state index in [0.717, 1.165) is 0 Å². The van der Waals surface area contributed by atoms with Crippen LogP contribution in [0.3, 0.4) is 0 Å². The molecule has 1 aliphatic rings. The van der Waals surface area contributed by atoms with Crippen molar-refractivity contribution in [3.05, 3.63) is 0 Å². The van der Waals surface area contributed by atoms with Gasteiger partial charge in [0.05, 0.1) is 13.0 Å². The van der Waals surface area contributed by atoms with Gasteiger partial charge in [-0.2, -0.15) is 0 Å². The van der Waals surface area contributed by atoms with Gasteiger partial charge in [-0.05, 0) is 27.9 Å². The molecule has 1 aliphatic heterocycles. The van der Waals surface area contributed by atoms with E-state index >= 15 is 0 Å². The molecular formula is C9H17NO2. The van der Waals surface area contributed by atoms with E-state index in [1.54, 1.807) is 0 Å². The van der Waals surface area contributed by atoms with Gasteiger partial charge in [0, 0.05) is 11.5 Å². The topological polar surface area (TPSA) is 29.5 Å². The smallest absolute Gasteiger partial charge is 0.306 e. The lowest BCUT2D eigenvalue weighted by molar-refractivity contribution is -0.137. The third-order valence-corrected chi connectivity index (χ3v) is 3.01. The molecule has 1 unspecified atom stereocenters. The fourth-order valence-corrected chi connectivity index (χ4v) is 1.33. The Kier molecular flexibility index (Phi) is 2.42. The number of carbonyl (C=O) groups excluding carboxylic acids is 1. The summed E-state index contributed by atoms with van der Waals surface area (Å²) in [6, 6.07) is 0. The molecule has 0 aliphatic carbocycles. The molecule has 0 spiro atoms. The van der Waals surface area contributed by atoms with Gasteiger partial charge in [0.1, 0.15) is 0 Å². The van der Waals surface area contributed by atoms with Crippen LogP contribution < -0.4 is 0 Å². The standard InChI is InChI=1S/C9H17NO2/c1-9(2,10(3)4)7-5-8(11)12-6-7/h7H,5-6H2,1-4H3. The molecule has 1 atom stereocenters. The van der Waals surface area contributed by atoms with Crippen LogP contribution in [-0.2, 0) is 9.53 Å². The molecule has 70 valence electrons. The Hall–Kier alpha value is -0.570. The van der Waals surface area contributed by atoms with E-state index in [9.17, 15) is 4.79 Å². The Morgan fingerprint density at radius 3 is 2.42 bits per heavy atom. The van der Waals surface area contributed by atoms with Crippen molar-refractivity contribution < 1.29 is 9.53 Å². The van der Waals surface area contributed by atoms with Gasteiger partial charge in [-0.15, -0.1) is 0 Å². The summed E-state index contributed by atoms with van der Waals surface area (Å²) in [4.78, 5) is 13.0. The predicted octanol–water partition coefficient (Wildman–Crippen LogP) is 0.890. The zero-order valence-corrected chi connectivity index (χ0v) is 8.26. The summed E-state index contributed by atoms with van der Waals surface area (Å²) < 4.78 is 4.94.